The Hall–Kier alpha value is -3.53. The molecule has 1 saturated heterocycles. The van der Waals surface area contributed by atoms with Crippen LogP contribution in [-0.4, -0.2) is 32.6 Å². The van der Waals surface area contributed by atoms with Gasteiger partial charge in [-0.05, 0) is 35.4 Å². The van der Waals surface area contributed by atoms with Crippen LogP contribution in [-0.2, 0) is 22.6 Å². The molecule has 2 aliphatic rings. The molecule has 0 unspecified atom stereocenters. The number of benzene rings is 3. The topological polar surface area (TPSA) is 93.9 Å². The number of aliphatic hydroxyl groups is 1. The molecule has 3 atom stereocenters. The van der Waals surface area contributed by atoms with Gasteiger partial charge in [0.05, 0.1) is 48.5 Å². The van der Waals surface area contributed by atoms with Gasteiger partial charge in [0.25, 0.3) is 11.8 Å². The lowest BCUT2D eigenvalue weighted by Gasteiger charge is -2.36. The summed E-state index contributed by atoms with van der Waals surface area (Å²) in [5, 5.41) is 9.97. The fourth-order valence-electron chi connectivity index (χ4n) is 4.93. The van der Waals surface area contributed by atoms with Crippen molar-refractivity contribution in [3.63, 3.8) is 0 Å². The summed E-state index contributed by atoms with van der Waals surface area (Å²) in [6.45, 7) is 0.371. The molecule has 0 radical (unpaired) electrons. The molecule has 198 valence electrons. The average molecular weight is 564 g/mol. The van der Waals surface area contributed by atoms with Crippen LogP contribution in [0.15, 0.2) is 79.1 Å². The number of aliphatic hydroxyl groups excluding tert-OH is 1. The van der Waals surface area contributed by atoms with Crippen molar-refractivity contribution in [3.05, 3.63) is 117 Å². The minimum atomic E-state index is -0.722. The van der Waals surface area contributed by atoms with E-state index in [1.54, 1.807) is 59.4 Å². The number of fused-ring (bicyclic) bond motifs is 1. The molecule has 3 aromatic carbocycles. The maximum Gasteiger partial charge on any atom is 0.266 e. The second kappa shape index (κ2) is 10.6. The third-order valence-electron chi connectivity index (χ3n) is 6.97. The van der Waals surface area contributed by atoms with Crippen molar-refractivity contribution in [2.24, 2.45) is 0 Å². The molecular weight excluding hydrogens is 541 g/mol. The molecule has 8 nitrogen and oxygen atoms in total. The molecule has 0 spiro atoms. The quantitative estimate of drug-likeness (QED) is 0.301. The molecule has 3 heterocycles. The number of anilines is 1. The summed E-state index contributed by atoms with van der Waals surface area (Å²) in [6, 6.07) is 21.4. The Kier molecular flexibility index (Phi) is 6.97. The lowest BCUT2D eigenvalue weighted by atomic mass is 10.00. The molecule has 0 saturated carbocycles. The Morgan fingerprint density at radius 2 is 1.51 bits per heavy atom. The van der Waals surface area contributed by atoms with Gasteiger partial charge in [0.15, 0.2) is 11.4 Å². The number of amides is 2. The zero-order valence-corrected chi connectivity index (χ0v) is 22.0. The summed E-state index contributed by atoms with van der Waals surface area (Å²) < 4.78 is 14.4. The number of carbonyl (C=O) groups excluding carboxylic acids is 2. The van der Waals surface area contributed by atoms with E-state index in [1.807, 2.05) is 24.3 Å². The molecule has 39 heavy (non-hydrogen) atoms. The predicted octanol–water partition coefficient (Wildman–Crippen LogP) is 5.73. The van der Waals surface area contributed by atoms with Crippen LogP contribution >= 0.6 is 23.2 Å². The van der Waals surface area contributed by atoms with Crippen LogP contribution in [0, 0.1) is 0 Å². The van der Waals surface area contributed by atoms with Gasteiger partial charge >= 0.3 is 0 Å². The minimum Gasteiger partial charge on any atom is -0.392 e. The van der Waals surface area contributed by atoms with E-state index in [1.165, 1.54) is 4.90 Å². The van der Waals surface area contributed by atoms with Crippen molar-refractivity contribution < 1.29 is 24.2 Å². The molecule has 0 bridgehead atoms. The minimum absolute atomic E-state index is 0.0422. The van der Waals surface area contributed by atoms with E-state index >= 15 is 0 Å². The first kappa shape index (κ1) is 25.7. The van der Waals surface area contributed by atoms with Crippen molar-refractivity contribution >= 4 is 40.7 Å². The number of hydrogen-bond acceptors (Lipinski definition) is 6. The smallest absolute Gasteiger partial charge is 0.266 e. The highest BCUT2D eigenvalue weighted by atomic mass is 35.5. The van der Waals surface area contributed by atoms with Gasteiger partial charge in [-0.2, -0.15) is 0 Å². The number of imidazole rings is 1. The standard InChI is InChI=1S/C29H23Cl2N3O5/c30-25-26(31)33(16-32-25)14-21-13-24(18-7-5-17(15-35)6-8-18)39-29(38-21)19-9-11-20(12-10-19)34-27(36)22-3-1-2-4-23(22)28(34)37/h1-12,16,21,24,29,35H,13-15H2/t21-,24+,29+/m0/s1. The number of rotatable bonds is 6. The number of hydrogen-bond donors (Lipinski definition) is 1. The SMILES string of the molecule is O=C1c2ccccc2C(=O)N1c1ccc([C@@H]2O[C@H](Cn3cnc(Cl)c3Cl)C[C@H](c3ccc(CO)cc3)O2)cc1. The Bertz CT molecular complexity index is 1500. The van der Waals surface area contributed by atoms with Crippen molar-refractivity contribution in [3.8, 4) is 0 Å². The summed E-state index contributed by atoms with van der Waals surface area (Å²) in [5.41, 5.74) is 3.73. The van der Waals surface area contributed by atoms with Gasteiger partial charge in [-0.25, -0.2) is 9.88 Å². The largest absolute Gasteiger partial charge is 0.392 e. The van der Waals surface area contributed by atoms with Crippen LogP contribution < -0.4 is 4.90 Å². The fraction of sp³-hybridized carbons (Fsp3) is 0.207. The zero-order valence-electron chi connectivity index (χ0n) is 20.5. The number of aromatic nitrogens is 2. The zero-order chi connectivity index (χ0) is 27.1. The first-order chi connectivity index (χ1) is 18.9. The normalized spacial score (nSPS) is 20.9. The molecule has 2 amide bonds. The van der Waals surface area contributed by atoms with Gasteiger partial charge in [0, 0.05) is 12.0 Å². The van der Waals surface area contributed by atoms with E-state index in [-0.39, 0.29) is 35.8 Å². The second-order valence-electron chi connectivity index (χ2n) is 9.41. The van der Waals surface area contributed by atoms with E-state index < -0.39 is 6.29 Å². The Morgan fingerprint density at radius 3 is 2.10 bits per heavy atom. The maximum absolute atomic E-state index is 12.9. The summed E-state index contributed by atoms with van der Waals surface area (Å²) in [6.07, 6.45) is 0.814. The van der Waals surface area contributed by atoms with Gasteiger partial charge < -0.3 is 19.1 Å². The first-order valence-corrected chi connectivity index (χ1v) is 13.1. The van der Waals surface area contributed by atoms with Gasteiger partial charge in [0.2, 0.25) is 0 Å². The van der Waals surface area contributed by atoms with Crippen LogP contribution in [0.25, 0.3) is 0 Å². The number of halogens is 2. The van der Waals surface area contributed by atoms with Crippen molar-refractivity contribution in [2.75, 3.05) is 4.90 Å². The van der Waals surface area contributed by atoms with Crippen LogP contribution in [0.4, 0.5) is 5.69 Å². The Morgan fingerprint density at radius 1 is 0.872 bits per heavy atom. The predicted molar refractivity (Wildman–Crippen MR) is 145 cm³/mol. The Balaban J connectivity index is 1.26. The van der Waals surface area contributed by atoms with Gasteiger partial charge in [0.1, 0.15) is 5.15 Å². The lowest BCUT2D eigenvalue weighted by molar-refractivity contribution is -0.252. The number of imide groups is 1. The van der Waals surface area contributed by atoms with E-state index in [0.717, 1.165) is 16.7 Å². The van der Waals surface area contributed by atoms with Crippen molar-refractivity contribution in [1.29, 1.82) is 0 Å². The maximum atomic E-state index is 12.9. The molecule has 2 aliphatic heterocycles. The van der Waals surface area contributed by atoms with Gasteiger partial charge in [-0.3, -0.25) is 9.59 Å². The lowest BCUT2D eigenvalue weighted by Crippen LogP contribution is -2.32. The van der Waals surface area contributed by atoms with Crippen LogP contribution in [0.1, 0.15) is 56.2 Å². The van der Waals surface area contributed by atoms with Crippen molar-refractivity contribution in [2.45, 2.75) is 38.1 Å². The van der Waals surface area contributed by atoms with Gasteiger partial charge in [-0.15, -0.1) is 0 Å². The van der Waals surface area contributed by atoms with Crippen LogP contribution in [0.5, 0.6) is 0 Å². The highest BCUT2D eigenvalue weighted by Gasteiger charge is 2.37. The Labute approximate surface area is 234 Å². The van der Waals surface area contributed by atoms with E-state index in [2.05, 4.69) is 4.98 Å². The number of carbonyl (C=O) groups is 2. The van der Waals surface area contributed by atoms with Crippen molar-refractivity contribution in [1.82, 2.24) is 9.55 Å². The third kappa shape index (κ3) is 4.86. The number of ether oxygens (including phenoxy) is 2. The van der Waals surface area contributed by atoms with E-state index in [9.17, 15) is 14.7 Å². The molecule has 4 aromatic rings. The summed E-state index contributed by atoms with van der Waals surface area (Å²) in [4.78, 5) is 31.0. The molecule has 1 aromatic heterocycles. The first-order valence-electron chi connectivity index (χ1n) is 12.4. The third-order valence-corrected chi connectivity index (χ3v) is 7.74. The molecule has 1 fully saturated rings. The molecule has 1 N–H and O–H groups in total. The number of nitrogens with zero attached hydrogens (tertiary/aromatic N) is 3. The molecule has 0 aliphatic carbocycles. The summed E-state index contributed by atoms with van der Waals surface area (Å²) in [5.74, 6) is -0.702. The summed E-state index contributed by atoms with van der Waals surface area (Å²) >= 11 is 12.3. The monoisotopic (exact) mass is 563 g/mol. The molecular formula is C29H23Cl2N3O5. The van der Waals surface area contributed by atoms with E-state index in [4.69, 9.17) is 32.7 Å². The van der Waals surface area contributed by atoms with Crippen LogP contribution in [0.2, 0.25) is 10.3 Å². The highest BCUT2D eigenvalue weighted by molar-refractivity contribution is 6.40. The molecule has 10 heteroatoms. The summed E-state index contributed by atoms with van der Waals surface area (Å²) in [7, 11) is 0. The average Bonchev–Trinajstić information content (AvgIpc) is 3.42. The fourth-order valence-corrected chi connectivity index (χ4v) is 5.24. The van der Waals surface area contributed by atoms with Gasteiger partial charge in [-0.1, -0.05) is 71.7 Å². The highest BCUT2D eigenvalue weighted by Crippen LogP contribution is 2.39. The molecule has 6 rings (SSSR count). The van der Waals surface area contributed by atoms with Crippen LogP contribution in [0.3, 0.4) is 0 Å². The second-order valence-corrected chi connectivity index (χ2v) is 10.1. The van der Waals surface area contributed by atoms with E-state index in [0.29, 0.717) is 34.9 Å².